The maximum absolute atomic E-state index is 13.1. The molecule has 3 heterocycles. The van der Waals surface area contributed by atoms with Crippen LogP contribution >= 0.6 is 0 Å². The van der Waals surface area contributed by atoms with E-state index in [-0.39, 0.29) is 27.5 Å². The van der Waals surface area contributed by atoms with Crippen molar-refractivity contribution in [3.05, 3.63) is 72.1 Å². The number of sulfonamides is 1. The predicted molar refractivity (Wildman–Crippen MR) is 148 cm³/mol. The summed E-state index contributed by atoms with van der Waals surface area (Å²) >= 11 is 0. The third-order valence-electron chi connectivity index (χ3n) is 6.89. The van der Waals surface area contributed by atoms with E-state index in [1.165, 1.54) is 46.6 Å². The van der Waals surface area contributed by atoms with Gasteiger partial charge in [-0.25, -0.2) is 8.42 Å². The molecular weight excluding hydrogens is 536 g/mol. The normalized spacial score (nSPS) is 14.8. The Labute approximate surface area is 230 Å². The molecule has 0 saturated carbocycles. The van der Waals surface area contributed by atoms with E-state index in [1.54, 1.807) is 30.5 Å². The molecule has 4 N–H and O–H groups in total. The number of primary amides is 1. The van der Waals surface area contributed by atoms with Gasteiger partial charge in [0.2, 0.25) is 15.9 Å². The highest BCUT2D eigenvalue weighted by Gasteiger charge is 2.28. The molecule has 0 unspecified atom stereocenters. The van der Waals surface area contributed by atoms with Gasteiger partial charge in [0.05, 0.1) is 23.9 Å². The van der Waals surface area contributed by atoms with Crippen molar-refractivity contribution in [2.75, 3.05) is 45.8 Å². The van der Waals surface area contributed by atoms with Gasteiger partial charge in [-0.1, -0.05) is 6.07 Å². The van der Waals surface area contributed by atoms with Crippen molar-refractivity contribution in [1.29, 1.82) is 0 Å². The molecule has 0 atom stereocenters. The molecule has 0 spiro atoms. The van der Waals surface area contributed by atoms with Crippen LogP contribution < -0.4 is 15.9 Å². The summed E-state index contributed by atoms with van der Waals surface area (Å²) in [6.07, 6.45) is 2.90. The van der Waals surface area contributed by atoms with E-state index < -0.39 is 21.8 Å². The molecule has 5 rings (SSSR count). The van der Waals surface area contributed by atoms with Crippen LogP contribution in [-0.2, 0) is 10.0 Å². The number of hydrogen-bond donors (Lipinski definition) is 3. The number of para-hydroxylation sites is 1. The summed E-state index contributed by atoms with van der Waals surface area (Å²) in [6, 6.07) is 12.4. The Bertz CT molecular complexity index is 1710. The number of aromatic nitrogens is 2. The Morgan fingerprint density at radius 2 is 1.82 bits per heavy atom. The first kappa shape index (κ1) is 27.1. The number of benzene rings is 2. The Balaban J connectivity index is 1.52. The van der Waals surface area contributed by atoms with Crippen molar-refractivity contribution in [1.82, 2.24) is 18.9 Å². The van der Waals surface area contributed by atoms with Crippen LogP contribution in [0.4, 0.5) is 0 Å². The number of rotatable bonds is 7. The van der Waals surface area contributed by atoms with Crippen molar-refractivity contribution in [2.45, 2.75) is 4.90 Å². The maximum atomic E-state index is 13.1. The summed E-state index contributed by atoms with van der Waals surface area (Å²) in [5.41, 5.74) is 9.93. The van der Waals surface area contributed by atoms with E-state index >= 15 is 0 Å². The number of piperazine rings is 1. The van der Waals surface area contributed by atoms with E-state index in [0.29, 0.717) is 48.3 Å². The number of amides is 2. The third kappa shape index (κ3) is 4.97. The lowest BCUT2D eigenvalue weighted by molar-refractivity contribution is 0.0994. The molecule has 2 aromatic heterocycles. The van der Waals surface area contributed by atoms with Crippen molar-refractivity contribution in [2.24, 2.45) is 5.73 Å². The minimum atomic E-state index is -3.71. The lowest BCUT2D eigenvalue weighted by atomic mass is 10.1. The molecule has 1 saturated heterocycles. The van der Waals surface area contributed by atoms with Crippen molar-refractivity contribution in [3.63, 3.8) is 0 Å². The zero-order valence-electron chi connectivity index (χ0n) is 21.9. The Hall–Kier alpha value is -4.46. The number of carbonyl (C=O) groups is 2. The fourth-order valence-corrected chi connectivity index (χ4v) is 5.96. The molecule has 1 aliphatic heterocycles. The smallest absolute Gasteiger partial charge is 0.274 e. The van der Waals surface area contributed by atoms with Crippen LogP contribution in [0.15, 0.2) is 65.8 Å². The van der Waals surface area contributed by atoms with Crippen LogP contribution in [0.1, 0.15) is 20.7 Å². The molecule has 208 valence electrons. The van der Waals surface area contributed by atoms with Gasteiger partial charge in [0, 0.05) is 55.1 Å². The molecule has 13 heteroatoms. The number of pyridine rings is 1. The summed E-state index contributed by atoms with van der Waals surface area (Å²) in [7, 11) is -0.380. The fourth-order valence-electron chi connectivity index (χ4n) is 4.59. The van der Waals surface area contributed by atoms with Crippen LogP contribution in [-0.4, -0.2) is 84.5 Å². The molecule has 1 fully saturated rings. The highest BCUT2D eigenvalue weighted by atomic mass is 32.2. The third-order valence-corrected chi connectivity index (χ3v) is 8.77. The second-order valence-corrected chi connectivity index (χ2v) is 11.3. The molecule has 0 bridgehead atoms. The number of hydrogen-bond acceptors (Lipinski definition) is 8. The second-order valence-electron chi connectivity index (χ2n) is 9.39. The van der Waals surface area contributed by atoms with Gasteiger partial charge < -0.3 is 20.5 Å². The first-order chi connectivity index (χ1) is 19.1. The van der Waals surface area contributed by atoms with Crippen molar-refractivity contribution >= 4 is 32.7 Å². The van der Waals surface area contributed by atoms with E-state index in [9.17, 15) is 23.1 Å². The zero-order valence-corrected chi connectivity index (χ0v) is 22.7. The molecule has 2 aromatic carbocycles. The summed E-state index contributed by atoms with van der Waals surface area (Å²) in [4.78, 5) is 31.5. The van der Waals surface area contributed by atoms with Crippen LogP contribution in [0.25, 0.3) is 22.2 Å². The first-order valence-electron chi connectivity index (χ1n) is 12.4. The van der Waals surface area contributed by atoms with Gasteiger partial charge in [0.15, 0.2) is 11.5 Å². The SMILES string of the molecule is COc1cccc(C(=O)Nn2cc(-c3ccc(S(=O)(=O)N4CCN(C)CC4)cn3)c3cc(C(N)=O)ccc32)c1O. The van der Waals surface area contributed by atoms with Crippen LogP contribution in [0.3, 0.4) is 0 Å². The van der Waals surface area contributed by atoms with Gasteiger partial charge in [-0.05, 0) is 49.5 Å². The number of nitrogens with zero attached hydrogens (tertiary/aromatic N) is 4. The number of likely N-dealkylation sites (N-methyl/N-ethyl adjacent to an activating group) is 1. The molecule has 0 radical (unpaired) electrons. The number of fused-ring (bicyclic) bond motifs is 1. The van der Waals surface area contributed by atoms with Gasteiger partial charge in [-0.2, -0.15) is 4.31 Å². The maximum Gasteiger partial charge on any atom is 0.274 e. The number of ether oxygens (including phenoxy) is 1. The van der Waals surface area contributed by atoms with Crippen molar-refractivity contribution in [3.8, 4) is 22.8 Å². The minimum absolute atomic E-state index is 0.00639. The number of nitrogens with one attached hydrogen (secondary N) is 1. The highest BCUT2D eigenvalue weighted by Crippen LogP contribution is 2.32. The fraction of sp³-hybridized carbons (Fsp3) is 0.222. The van der Waals surface area contributed by atoms with Crippen LogP contribution in [0, 0.1) is 0 Å². The van der Waals surface area contributed by atoms with Gasteiger partial charge >= 0.3 is 0 Å². The van der Waals surface area contributed by atoms with E-state index in [1.807, 2.05) is 7.05 Å². The molecule has 1 aliphatic rings. The number of phenolic OH excluding ortho intramolecular Hbond substituents is 1. The van der Waals surface area contributed by atoms with Gasteiger partial charge in [0.1, 0.15) is 4.90 Å². The second kappa shape index (κ2) is 10.6. The molecule has 12 nitrogen and oxygen atoms in total. The van der Waals surface area contributed by atoms with Crippen LogP contribution in [0.5, 0.6) is 11.5 Å². The monoisotopic (exact) mass is 564 g/mol. The van der Waals surface area contributed by atoms with E-state index in [2.05, 4.69) is 15.3 Å². The lowest BCUT2D eigenvalue weighted by Gasteiger charge is -2.31. The molecule has 4 aromatic rings. The number of nitrogens with two attached hydrogens (primary N) is 1. The average Bonchev–Trinajstić information content (AvgIpc) is 3.30. The molecule has 2 amide bonds. The summed E-state index contributed by atoms with van der Waals surface area (Å²) in [6.45, 7) is 2.08. The largest absolute Gasteiger partial charge is 0.504 e. The number of phenols is 1. The minimum Gasteiger partial charge on any atom is -0.504 e. The topological polar surface area (TPSA) is 160 Å². The summed E-state index contributed by atoms with van der Waals surface area (Å²) in [5.74, 6) is -1.41. The number of methoxy groups -OCH3 is 1. The number of carbonyl (C=O) groups excluding carboxylic acids is 2. The summed E-state index contributed by atoms with van der Waals surface area (Å²) in [5, 5.41) is 11.0. The van der Waals surface area contributed by atoms with Crippen molar-refractivity contribution < 1.29 is 27.9 Å². The molecular formula is C27H28N6O6S. The highest BCUT2D eigenvalue weighted by molar-refractivity contribution is 7.89. The van der Waals surface area contributed by atoms with Gasteiger partial charge in [-0.3, -0.25) is 24.7 Å². The lowest BCUT2D eigenvalue weighted by Crippen LogP contribution is -2.47. The molecule has 0 aliphatic carbocycles. The Morgan fingerprint density at radius 1 is 1.07 bits per heavy atom. The zero-order chi connectivity index (χ0) is 28.6. The first-order valence-corrected chi connectivity index (χ1v) is 13.8. The summed E-state index contributed by atoms with van der Waals surface area (Å²) < 4.78 is 34.3. The number of aromatic hydroxyl groups is 1. The average molecular weight is 565 g/mol. The quantitative estimate of drug-likeness (QED) is 0.307. The predicted octanol–water partition coefficient (Wildman–Crippen LogP) is 1.84. The van der Waals surface area contributed by atoms with E-state index in [0.717, 1.165) is 0 Å². The van der Waals surface area contributed by atoms with Gasteiger partial charge in [0.25, 0.3) is 5.91 Å². The van der Waals surface area contributed by atoms with Crippen LogP contribution in [0.2, 0.25) is 0 Å². The Kier molecular flexibility index (Phi) is 7.19. The molecule has 40 heavy (non-hydrogen) atoms. The Morgan fingerprint density at radius 3 is 2.48 bits per heavy atom. The standard InChI is InChI=1S/C27H28N6O6S/c1-31-10-12-32(13-11-31)40(37,38)18-7-8-22(29-15-18)21-16-33(23-9-6-17(26(28)35)14-20(21)23)30-27(36)19-4-3-5-24(39-2)25(19)34/h3-9,14-16,34H,10-13H2,1-2H3,(H2,28,35)(H,30,36). The van der Waals surface area contributed by atoms with Gasteiger partial charge in [-0.15, -0.1) is 0 Å². The van der Waals surface area contributed by atoms with E-state index in [4.69, 9.17) is 10.5 Å².